The Bertz CT molecular complexity index is 1530. The number of aliphatic hydroxyl groups excluding tert-OH is 1. The van der Waals surface area contributed by atoms with Crippen LogP contribution < -0.4 is 19.1 Å². The zero-order valence-corrected chi connectivity index (χ0v) is 21.2. The number of thiazole rings is 1. The molecule has 0 saturated carbocycles. The van der Waals surface area contributed by atoms with Gasteiger partial charge in [-0.2, -0.15) is 0 Å². The molecular formula is C28H24N2O6S. The summed E-state index contributed by atoms with van der Waals surface area (Å²) in [6.45, 7) is 2.38. The van der Waals surface area contributed by atoms with Gasteiger partial charge < -0.3 is 19.3 Å². The van der Waals surface area contributed by atoms with Crippen LogP contribution in [-0.2, 0) is 9.59 Å². The van der Waals surface area contributed by atoms with Crippen LogP contribution in [0.4, 0.5) is 5.13 Å². The van der Waals surface area contributed by atoms with Crippen LogP contribution in [0.3, 0.4) is 0 Å². The monoisotopic (exact) mass is 516 g/mol. The number of Topliss-reactive ketones (excluding diaryl/α,β-unsaturated/α-hetero) is 1. The molecule has 9 heteroatoms. The van der Waals surface area contributed by atoms with Crippen LogP contribution in [0, 0.1) is 0 Å². The Morgan fingerprint density at radius 1 is 0.973 bits per heavy atom. The fourth-order valence-corrected chi connectivity index (χ4v) is 5.33. The molecule has 0 unspecified atom stereocenters. The average Bonchev–Trinajstić information content (AvgIpc) is 3.46. The largest absolute Gasteiger partial charge is 0.507 e. The number of aliphatic hydroxyl groups is 1. The van der Waals surface area contributed by atoms with E-state index in [-0.39, 0.29) is 11.3 Å². The molecule has 188 valence electrons. The number of benzene rings is 3. The fourth-order valence-electron chi connectivity index (χ4n) is 4.31. The van der Waals surface area contributed by atoms with Crippen LogP contribution in [0.5, 0.6) is 17.2 Å². The number of nitrogens with zero attached hydrogens (tertiary/aromatic N) is 2. The van der Waals surface area contributed by atoms with E-state index in [4.69, 9.17) is 14.2 Å². The standard InChI is InChI=1S/C28H24N2O6S/c1-4-36-18-10-8-16(9-11-18)25(31)23-24(17-6-5-7-19(14-17)34-2)30(27(33)26(23)32)28-29-21-13-12-20(35-3)15-22(21)37-28/h5-15,24,31H,4H2,1-3H3/b25-23+/t24-/m0/s1. The van der Waals surface area contributed by atoms with Crippen LogP contribution in [0.1, 0.15) is 24.1 Å². The molecule has 0 spiro atoms. The Morgan fingerprint density at radius 2 is 1.68 bits per heavy atom. The second kappa shape index (κ2) is 9.94. The number of methoxy groups -OCH3 is 2. The molecule has 1 aliphatic heterocycles. The molecule has 1 amide bonds. The third-order valence-corrected chi connectivity index (χ3v) is 7.10. The highest BCUT2D eigenvalue weighted by molar-refractivity contribution is 7.22. The van der Waals surface area contributed by atoms with Crippen LogP contribution in [0.15, 0.2) is 72.3 Å². The molecule has 1 atom stereocenters. The number of anilines is 1. The SMILES string of the molecule is CCOc1ccc(/C(O)=C2\C(=O)C(=O)N(c3nc4ccc(OC)cc4s3)[C@H]2c2cccc(OC)c2)cc1. The highest BCUT2D eigenvalue weighted by atomic mass is 32.1. The lowest BCUT2D eigenvalue weighted by atomic mass is 9.95. The number of hydrogen-bond acceptors (Lipinski definition) is 8. The van der Waals surface area contributed by atoms with Gasteiger partial charge in [-0.3, -0.25) is 14.5 Å². The van der Waals surface area contributed by atoms with E-state index in [9.17, 15) is 14.7 Å². The summed E-state index contributed by atoms with van der Waals surface area (Å²) in [5.41, 5.74) is 1.63. The van der Waals surface area contributed by atoms with Crippen LogP contribution in [0.2, 0.25) is 0 Å². The zero-order chi connectivity index (χ0) is 26.1. The average molecular weight is 517 g/mol. The van der Waals surface area contributed by atoms with Crippen molar-refractivity contribution in [3.63, 3.8) is 0 Å². The highest BCUT2D eigenvalue weighted by Crippen LogP contribution is 2.45. The Morgan fingerprint density at radius 3 is 2.38 bits per heavy atom. The summed E-state index contributed by atoms with van der Waals surface area (Å²) >= 11 is 1.26. The molecule has 3 aromatic carbocycles. The van der Waals surface area contributed by atoms with E-state index >= 15 is 0 Å². The normalized spacial score (nSPS) is 16.8. The third-order valence-electron chi connectivity index (χ3n) is 6.08. The summed E-state index contributed by atoms with van der Waals surface area (Å²) in [5, 5.41) is 11.7. The van der Waals surface area contributed by atoms with Gasteiger partial charge in [-0.1, -0.05) is 23.5 Å². The predicted octanol–water partition coefficient (Wildman–Crippen LogP) is 5.34. The summed E-state index contributed by atoms with van der Waals surface area (Å²) in [5.74, 6) is -0.00147. The number of rotatable bonds is 7. The molecule has 1 fully saturated rings. The molecule has 4 aromatic rings. The van der Waals surface area contributed by atoms with E-state index in [0.717, 1.165) is 4.70 Å². The smallest absolute Gasteiger partial charge is 0.301 e. The Labute approximate surface area is 217 Å². The second-order valence-corrected chi connectivity index (χ2v) is 9.24. The van der Waals surface area contributed by atoms with Crippen LogP contribution >= 0.6 is 11.3 Å². The minimum absolute atomic E-state index is 0.0285. The van der Waals surface area contributed by atoms with Crippen molar-refractivity contribution in [1.29, 1.82) is 0 Å². The number of hydrogen-bond donors (Lipinski definition) is 1. The maximum Gasteiger partial charge on any atom is 0.301 e. The van der Waals surface area contributed by atoms with E-state index in [1.54, 1.807) is 67.8 Å². The minimum Gasteiger partial charge on any atom is -0.507 e. The van der Waals surface area contributed by atoms with Gasteiger partial charge in [-0.25, -0.2) is 4.98 Å². The van der Waals surface area contributed by atoms with E-state index in [0.29, 0.717) is 45.6 Å². The van der Waals surface area contributed by atoms with Crippen molar-refractivity contribution in [2.75, 3.05) is 25.7 Å². The van der Waals surface area contributed by atoms with Gasteiger partial charge in [0.05, 0.1) is 42.7 Å². The van der Waals surface area contributed by atoms with E-state index in [1.807, 2.05) is 13.0 Å². The molecule has 8 nitrogen and oxygen atoms in total. The van der Waals surface area contributed by atoms with Crippen LogP contribution in [-0.4, -0.2) is 42.6 Å². The number of fused-ring (bicyclic) bond motifs is 1. The number of ketones is 1. The van der Waals surface area contributed by atoms with Gasteiger partial charge in [0.2, 0.25) is 0 Å². The van der Waals surface area contributed by atoms with Gasteiger partial charge in [0.1, 0.15) is 23.0 Å². The van der Waals surface area contributed by atoms with Crippen molar-refractivity contribution in [1.82, 2.24) is 4.98 Å². The first kappa shape index (κ1) is 24.3. The van der Waals surface area contributed by atoms with Crippen molar-refractivity contribution >= 4 is 44.1 Å². The Balaban J connectivity index is 1.68. The van der Waals surface area contributed by atoms with Crippen molar-refractivity contribution in [3.05, 3.63) is 83.4 Å². The molecule has 0 aliphatic carbocycles. The van der Waals surface area contributed by atoms with Crippen LogP contribution in [0.25, 0.3) is 16.0 Å². The maximum absolute atomic E-state index is 13.5. The maximum atomic E-state index is 13.5. The van der Waals surface area contributed by atoms with Gasteiger partial charge in [-0.15, -0.1) is 0 Å². The summed E-state index contributed by atoms with van der Waals surface area (Å²) in [7, 11) is 3.11. The predicted molar refractivity (Wildman–Crippen MR) is 142 cm³/mol. The molecule has 1 aromatic heterocycles. The first-order valence-corrected chi connectivity index (χ1v) is 12.4. The topological polar surface area (TPSA) is 98.2 Å². The van der Waals surface area contributed by atoms with Gasteiger partial charge in [-0.05, 0) is 67.1 Å². The number of ether oxygens (including phenoxy) is 3. The van der Waals surface area contributed by atoms with Gasteiger partial charge >= 0.3 is 5.91 Å². The van der Waals surface area contributed by atoms with E-state index in [1.165, 1.54) is 23.3 Å². The lowest BCUT2D eigenvalue weighted by Crippen LogP contribution is -2.29. The lowest BCUT2D eigenvalue weighted by molar-refractivity contribution is -0.132. The summed E-state index contributed by atoms with van der Waals surface area (Å²) in [4.78, 5) is 32.8. The Hall–Kier alpha value is -4.37. The van der Waals surface area contributed by atoms with Crippen molar-refractivity contribution < 1.29 is 28.9 Å². The van der Waals surface area contributed by atoms with Gasteiger partial charge in [0, 0.05) is 5.56 Å². The molecule has 2 heterocycles. The zero-order valence-electron chi connectivity index (χ0n) is 20.4. The third kappa shape index (κ3) is 4.38. The molecule has 0 radical (unpaired) electrons. The fraction of sp³-hybridized carbons (Fsp3) is 0.179. The van der Waals surface area contributed by atoms with E-state index < -0.39 is 17.7 Å². The first-order valence-electron chi connectivity index (χ1n) is 11.6. The summed E-state index contributed by atoms with van der Waals surface area (Å²) in [6.07, 6.45) is 0. The highest BCUT2D eigenvalue weighted by Gasteiger charge is 2.48. The molecule has 37 heavy (non-hydrogen) atoms. The molecule has 1 saturated heterocycles. The summed E-state index contributed by atoms with van der Waals surface area (Å²) in [6, 6.07) is 18.3. The van der Waals surface area contributed by atoms with Gasteiger partial charge in [0.15, 0.2) is 5.13 Å². The minimum atomic E-state index is -0.913. The quantitative estimate of drug-likeness (QED) is 0.201. The van der Waals surface area contributed by atoms with Crippen molar-refractivity contribution in [2.45, 2.75) is 13.0 Å². The molecular weight excluding hydrogens is 492 g/mol. The Kier molecular flexibility index (Phi) is 6.54. The summed E-state index contributed by atoms with van der Waals surface area (Å²) < 4.78 is 17.0. The first-order chi connectivity index (χ1) is 17.9. The van der Waals surface area contributed by atoms with Gasteiger partial charge in [0.25, 0.3) is 5.78 Å². The number of carbonyl (C=O) groups is 2. The van der Waals surface area contributed by atoms with Crippen molar-refractivity contribution in [3.8, 4) is 17.2 Å². The molecule has 5 rings (SSSR count). The molecule has 1 N–H and O–H groups in total. The number of carbonyl (C=O) groups excluding carboxylic acids is 2. The van der Waals surface area contributed by atoms with Crippen molar-refractivity contribution in [2.24, 2.45) is 0 Å². The second-order valence-electron chi connectivity index (χ2n) is 8.23. The van der Waals surface area contributed by atoms with E-state index in [2.05, 4.69) is 4.98 Å². The number of aromatic nitrogens is 1. The molecule has 1 aliphatic rings. The lowest BCUT2D eigenvalue weighted by Gasteiger charge is -2.23. The molecule has 0 bridgehead atoms. The number of amides is 1.